The largest absolute Gasteiger partial charge is 0.376 e. The zero-order valence-electron chi connectivity index (χ0n) is 14.7. The molecule has 2 aliphatic rings. The fourth-order valence-electron chi connectivity index (χ4n) is 3.53. The number of benzene rings is 2. The molecule has 2 aromatic carbocycles. The minimum atomic E-state index is -0.612. The Morgan fingerprint density at radius 2 is 2.04 bits per heavy atom. The summed E-state index contributed by atoms with van der Waals surface area (Å²) in [6.45, 7) is 1.29. The number of aliphatic imine (C=N–C) groups is 1. The molecular weight excluding hydrogens is 364 g/mol. The zero-order chi connectivity index (χ0) is 18.8. The monoisotopic (exact) mass is 382 g/mol. The first-order valence-corrected chi connectivity index (χ1v) is 9.37. The lowest BCUT2D eigenvalue weighted by Gasteiger charge is -2.31. The highest BCUT2D eigenvalue weighted by Crippen LogP contribution is 2.32. The summed E-state index contributed by atoms with van der Waals surface area (Å²) < 4.78 is 5.58. The second kappa shape index (κ2) is 7.62. The van der Waals surface area contributed by atoms with Crippen LogP contribution in [0.2, 0.25) is 5.02 Å². The lowest BCUT2D eigenvalue weighted by atomic mass is 9.89. The molecule has 2 amide bonds. The van der Waals surface area contributed by atoms with Gasteiger partial charge in [-0.1, -0.05) is 35.9 Å². The van der Waals surface area contributed by atoms with E-state index in [0.29, 0.717) is 28.4 Å². The maximum atomic E-state index is 13.2. The lowest BCUT2D eigenvalue weighted by molar-refractivity contribution is -0.118. The van der Waals surface area contributed by atoms with Gasteiger partial charge in [0, 0.05) is 23.4 Å². The minimum Gasteiger partial charge on any atom is -0.376 e. The van der Waals surface area contributed by atoms with Crippen LogP contribution in [0, 0.1) is 0 Å². The Bertz CT molecular complexity index is 906. The minimum absolute atomic E-state index is 0.112. The molecule has 4 rings (SSSR count). The second-order valence-corrected chi connectivity index (χ2v) is 7.11. The van der Waals surface area contributed by atoms with Crippen LogP contribution in [0.4, 0.5) is 5.69 Å². The van der Waals surface area contributed by atoms with Gasteiger partial charge in [0.2, 0.25) is 5.91 Å². The summed E-state index contributed by atoms with van der Waals surface area (Å²) in [5.41, 5.74) is 1.65. The first-order chi connectivity index (χ1) is 13.1. The number of hydrogen-bond acceptors (Lipinski definition) is 4. The molecule has 5 nitrogen and oxygen atoms in total. The Hall–Kier alpha value is -2.50. The Balaban J connectivity index is 1.68. The van der Waals surface area contributed by atoms with E-state index in [0.717, 1.165) is 19.4 Å². The Labute approximate surface area is 162 Å². The normalized spacial score (nSPS) is 22.5. The van der Waals surface area contributed by atoms with Gasteiger partial charge in [-0.15, -0.1) is 0 Å². The molecule has 0 saturated carbocycles. The standard InChI is InChI=1S/C21H19ClN2O3/c22-14-5-3-6-15(11-14)24-20(25)18-9-2-1-8-17(18)19(21(24)26)13-23-12-16-7-4-10-27-16/h1-3,5-6,8-9,11,13,16,19H,4,7,10,12H2/t16-,19-/m0/s1. The molecule has 2 aromatic rings. The SMILES string of the molecule is O=C1c2ccccc2[C@H](C=NC[C@@H]2CCCO2)C(=O)N1c1cccc(Cl)c1. The molecule has 2 heterocycles. The van der Waals surface area contributed by atoms with Crippen molar-refractivity contribution in [3.05, 3.63) is 64.7 Å². The summed E-state index contributed by atoms with van der Waals surface area (Å²) in [6, 6.07) is 13.9. The predicted octanol–water partition coefficient (Wildman–Crippen LogP) is 3.86. The van der Waals surface area contributed by atoms with E-state index in [1.165, 1.54) is 4.90 Å². The van der Waals surface area contributed by atoms with Crippen LogP contribution >= 0.6 is 11.6 Å². The number of amides is 2. The van der Waals surface area contributed by atoms with Crippen LogP contribution in [0.25, 0.3) is 0 Å². The van der Waals surface area contributed by atoms with Gasteiger partial charge < -0.3 is 4.74 Å². The van der Waals surface area contributed by atoms with Gasteiger partial charge in [0.1, 0.15) is 0 Å². The van der Waals surface area contributed by atoms with E-state index in [1.54, 1.807) is 42.6 Å². The van der Waals surface area contributed by atoms with Crippen molar-refractivity contribution in [1.29, 1.82) is 0 Å². The van der Waals surface area contributed by atoms with Crippen LogP contribution in [0.1, 0.15) is 34.7 Å². The van der Waals surface area contributed by atoms with Crippen molar-refractivity contribution < 1.29 is 14.3 Å². The van der Waals surface area contributed by atoms with Crippen LogP contribution < -0.4 is 4.90 Å². The fourth-order valence-corrected chi connectivity index (χ4v) is 3.72. The van der Waals surface area contributed by atoms with Gasteiger partial charge in [-0.25, -0.2) is 4.90 Å². The van der Waals surface area contributed by atoms with E-state index in [1.807, 2.05) is 12.1 Å². The molecular formula is C21H19ClN2O3. The number of carbonyl (C=O) groups excluding carboxylic acids is 2. The van der Waals surface area contributed by atoms with Crippen LogP contribution in [-0.4, -0.2) is 37.3 Å². The molecule has 6 heteroatoms. The lowest BCUT2D eigenvalue weighted by Crippen LogP contribution is -2.45. The molecule has 1 saturated heterocycles. The number of carbonyl (C=O) groups is 2. The number of fused-ring (bicyclic) bond motifs is 1. The highest BCUT2D eigenvalue weighted by atomic mass is 35.5. The number of imide groups is 1. The third-order valence-electron chi connectivity index (χ3n) is 4.87. The first-order valence-electron chi connectivity index (χ1n) is 8.99. The summed E-state index contributed by atoms with van der Waals surface area (Å²) >= 11 is 6.06. The molecule has 0 unspecified atom stereocenters. The van der Waals surface area contributed by atoms with E-state index >= 15 is 0 Å². The topological polar surface area (TPSA) is 59.0 Å². The highest BCUT2D eigenvalue weighted by molar-refractivity contribution is 6.32. The molecule has 27 heavy (non-hydrogen) atoms. The van der Waals surface area contributed by atoms with Gasteiger partial charge in [-0.2, -0.15) is 0 Å². The molecule has 0 aliphatic carbocycles. The van der Waals surface area contributed by atoms with E-state index in [4.69, 9.17) is 16.3 Å². The Morgan fingerprint density at radius 1 is 1.19 bits per heavy atom. The third kappa shape index (κ3) is 3.53. The second-order valence-electron chi connectivity index (χ2n) is 6.67. The van der Waals surface area contributed by atoms with Gasteiger partial charge in [-0.05, 0) is 42.7 Å². The molecule has 0 aromatic heterocycles. The molecule has 1 fully saturated rings. The van der Waals surface area contributed by atoms with Crippen molar-refractivity contribution in [2.75, 3.05) is 18.1 Å². The van der Waals surface area contributed by atoms with Crippen molar-refractivity contribution in [1.82, 2.24) is 0 Å². The molecule has 0 spiro atoms. The van der Waals surface area contributed by atoms with Gasteiger partial charge in [0.05, 0.1) is 24.3 Å². The summed E-state index contributed by atoms with van der Waals surface area (Å²) in [5, 5.41) is 0.468. The van der Waals surface area contributed by atoms with Crippen molar-refractivity contribution in [3.8, 4) is 0 Å². The molecule has 2 atom stereocenters. The van der Waals surface area contributed by atoms with E-state index in [2.05, 4.69) is 4.99 Å². The van der Waals surface area contributed by atoms with Gasteiger partial charge >= 0.3 is 0 Å². The van der Waals surface area contributed by atoms with E-state index in [9.17, 15) is 9.59 Å². The Morgan fingerprint density at radius 3 is 2.81 bits per heavy atom. The third-order valence-corrected chi connectivity index (χ3v) is 5.10. The summed E-state index contributed by atoms with van der Waals surface area (Å²) in [4.78, 5) is 31.8. The number of rotatable bonds is 4. The highest BCUT2D eigenvalue weighted by Gasteiger charge is 2.38. The van der Waals surface area contributed by atoms with Crippen LogP contribution in [0.5, 0.6) is 0 Å². The molecule has 0 bridgehead atoms. The smallest absolute Gasteiger partial charge is 0.265 e. The summed E-state index contributed by atoms with van der Waals surface area (Å²) in [6.07, 6.45) is 3.79. The fraction of sp³-hybridized carbons (Fsp3) is 0.286. The number of anilines is 1. The van der Waals surface area contributed by atoms with E-state index < -0.39 is 5.92 Å². The molecule has 2 aliphatic heterocycles. The summed E-state index contributed by atoms with van der Waals surface area (Å²) in [7, 11) is 0. The van der Waals surface area contributed by atoms with Crippen molar-refractivity contribution in [3.63, 3.8) is 0 Å². The number of halogens is 1. The quantitative estimate of drug-likeness (QED) is 0.596. The van der Waals surface area contributed by atoms with Crippen LogP contribution in [0.15, 0.2) is 53.5 Å². The maximum absolute atomic E-state index is 13.2. The van der Waals surface area contributed by atoms with Crippen LogP contribution in [0.3, 0.4) is 0 Å². The molecule has 0 radical (unpaired) electrons. The van der Waals surface area contributed by atoms with Crippen molar-refractivity contribution in [2.45, 2.75) is 24.9 Å². The maximum Gasteiger partial charge on any atom is 0.265 e. The predicted molar refractivity (Wildman–Crippen MR) is 105 cm³/mol. The number of nitrogens with zero attached hydrogens (tertiary/aromatic N) is 2. The number of ether oxygens (including phenoxy) is 1. The van der Waals surface area contributed by atoms with Gasteiger partial charge in [0.25, 0.3) is 5.91 Å². The summed E-state index contributed by atoms with van der Waals surface area (Å²) in [5.74, 6) is -1.28. The number of hydrogen-bond donors (Lipinski definition) is 0. The molecule has 0 N–H and O–H groups in total. The zero-order valence-corrected chi connectivity index (χ0v) is 15.4. The Kier molecular flexibility index (Phi) is 5.05. The average molecular weight is 383 g/mol. The van der Waals surface area contributed by atoms with Crippen molar-refractivity contribution >= 4 is 35.3 Å². The van der Waals surface area contributed by atoms with Gasteiger partial charge in [0.15, 0.2) is 0 Å². The van der Waals surface area contributed by atoms with E-state index in [-0.39, 0.29) is 17.9 Å². The van der Waals surface area contributed by atoms with Crippen LogP contribution in [-0.2, 0) is 9.53 Å². The van der Waals surface area contributed by atoms with Crippen molar-refractivity contribution in [2.24, 2.45) is 4.99 Å². The first kappa shape index (κ1) is 17.9. The van der Waals surface area contributed by atoms with Gasteiger partial charge in [-0.3, -0.25) is 14.6 Å². The molecule has 138 valence electrons. The average Bonchev–Trinajstić information content (AvgIpc) is 3.18.